The summed E-state index contributed by atoms with van der Waals surface area (Å²) in [5.74, 6) is 0.293. The van der Waals surface area contributed by atoms with Gasteiger partial charge in [0, 0.05) is 5.69 Å². The van der Waals surface area contributed by atoms with Crippen molar-refractivity contribution in [1.29, 1.82) is 0 Å². The molecule has 0 heterocycles. The molecule has 0 amide bonds. The Morgan fingerprint density at radius 2 is 1.79 bits per heavy atom. The summed E-state index contributed by atoms with van der Waals surface area (Å²) in [5.41, 5.74) is 6.22. The molecule has 0 spiro atoms. The minimum Gasteiger partial charge on any atom is -0.482 e. The van der Waals surface area contributed by atoms with E-state index in [0.29, 0.717) is 18.0 Å². The van der Waals surface area contributed by atoms with Crippen LogP contribution < -0.4 is 10.5 Å². The molecule has 0 aliphatic heterocycles. The van der Waals surface area contributed by atoms with Gasteiger partial charge in [0.1, 0.15) is 5.75 Å². The summed E-state index contributed by atoms with van der Waals surface area (Å²) in [6, 6.07) is 6.92. The molecule has 0 saturated heterocycles. The molecule has 0 radical (unpaired) electrons. The second-order valence-electron chi connectivity index (χ2n) is 4.49. The first kappa shape index (κ1) is 15.3. The van der Waals surface area contributed by atoms with E-state index >= 15 is 0 Å². The number of benzene rings is 1. The number of hydrogen-bond acceptors (Lipinski definition) is 4. The molecule has 0 bridgehead atoms. The highest BCUT2D eigenvalue weighted by molar-refractivity contribution is 5.71. The first-order chi connectivity index (χ1) is 9.22. The fourth-order valence-corrected chi connectivity index (χ4v) is 1.64. The summed E-state index contributed by atoms with van der Waals surface area (Å²) in [5, 5.41) is 0. The highest BCUT2D eigenvalue weighted by Crippen LogP contribution is 2.12. The summed E-state index contributed by atoms with van der Waals surface area (Å²) < 4.78 is 10.4. The first-order valence-corrected chi connectivity index (χ1v) is 6.86. The molecule has 0 unspecified atom stereocenters. The second kappa shape index (κ2) is 9.25. The number of nitrogens with two attached hydrogens (primary N) is 1. The first-order valence-electron chi connectivity index (χ1n) is 6.86. The van der Waals surface area contributed by atoms with E-state index in [9.17, 15) is 4.79 Å². The number of carbonyl (C=O) groups is 1. The predicted molar refractivity (Wildman–Crippen MR) is 76.1 cm³/mol. The maximum Gasteiger partial charge on any atom is 0.344 e. The molecule has 4 heteroatoms. The predicted octanol–water partition coefficient (Wildman–Crippen LogP) is 3.16. The van der Waals surface area contributed by atoms with Gasteiger partial charge in [-0.1, -0.05) is 32.6 Å². The topological polar surface area (TPSA) is 61.5 Å². The van der Waals surface area contributed by atoms with Crippen molar-refractivity contribution < 1.29 is 14.3 Å². The van der Waals surface area contributed by atoms with E-state index in [1.54, 1.807) is 24.3 Å². The molecule has 0 aliphatic carbocycles. The maximum atomic E-state index is 11.4. The lowest BCUT2D eigenvalue weighted by Gasteiger charge is -2.07. The summed E-state index contributed by atoms with van der Waals surface area (Å²) in [6.45, 7) is 2.60. The van der Waals surface area contributed by atoms with Gasteiger partial charge in [-0.05, 0) is 30.7 Å². The highest BCUT2D eigenvalue weighted by atomic mass is 16.6. The standard InChI is InChI=1S/C15H23NO3/c1-2-3-4-5-6-11-18-15(17)12-19-14-9-7-13(16)8-10-14/h7-10H,2-6,11-12,16H2,1H3. The summed E-state index contributed by atoms with van der Waals surface area (Å²) >= 11 is 0. The van der Waals surface area contributed by atoms with Crippen LogP contribution >= 0.6 is 0 Å². The van der Waals surface area contributed by atoms with Gasteiger partial charge in [-0.2, -0.15) is 0 Å². The third-order valence-electron chi connectivity index (χ3n) is 2.75. The number of unbranched alkanes of at least 4 members (excludes halogenated alkanes) is 4. The largest absolute Gasteiger partial charge is 0.482 e. The maximum absolute atomic E-state index is 11.4. The van der Waals surface area contributed by atoms with E-state index in [1.807, 2.05) is 0 Å². The van der Waals surface area contributed by atoms with Crippen LogP contribution in [0.1, 0.15) is 39.0 Å². The van der Waals surface area contributed by atoms with Gasteiger partial charge < -0.3 is 15.2 Å². The van der Waals surface area contributed by atoms with E-state index in [2.05, 4.69) is 6.92 Å². The van der Waals surface area contributed by atoms with Crippen molar-refractivity contribution in [1.82, 2.24) is 0 Å². The SMILES string of the molecule is CCCCCCCOC(=O)COc1ccc(N)cc1. The summed E-state index contributed by atoms with van der Waals surface area (Å²) in [6.07, 6.45) is 5.70. The number of ether oxygens (including phenoxy) is 2. The Labute approximate surface area is 114 Å². The molecule has 4 nitrogen and oxygen atoms in total. The number of esters is 1. The average molecular weight is 265 g/mol. The Bertz CT molecular complexity index is 362. The Kier molecular flexibility index (Phi) is 7.47. The molecule has 0 saturated carbocycles. The zero-order valence-electron chi connectivity index (χ0n) is 11.6. The number of anilines is 1. The van der Waals surface area contributed by atoms with Gasteiger partial charge in [-0.25, -0.2) is 4.79 Å². The van der Waals surface area contributed by atoms with Crippen LogP contribution in [0.5, 0.6) is 5.75 Å². The molecule has 0 atom stereocenters. The Balaban J connectivity index is 2.06. The highest BCUT2D eigenvalue weighted by Gasteiger charge is 2.03. The van der Waals surface area contributed by atoms with Crippen LogP contribution in [0.3, 0.4) is 0 Å². The van der Waals surface area contributed by atoms with Gasteiger partial charge >= 0.3 is 5.97 Å². The van der Waals surface area contributed by atoms with E-state index in [0.717, 1.165) is 12.8 Å². The van der Waals surface area contributed by atoms with E-state index in [4.69, 9.17) is 15.2 Å². The molecule has 1 rings (SSSR count). The quantitative estimate of drug-likeness (QED) is 0.423. The van der Waals surface area contributed by atoms with Gasteiger partial charge in [0.2, 0.25) is 0 Å². The van der Waals surface area contributed by atoms with Crippen LogP contribution in [0.4, 0.5) is 5.69 Å². The third kappa shape index (κ3) is 7.34. The van der Waals surface area contributed by atoms with Gasteiger partial charge in [-0.3, -0.25) is 0 Å². The van der Waals surface area contributed by atoms with Gasteiger partial charge in [-0.15, -0.1) is 0 Å². The lowest BCUT2D eigenvalue weighted by atomic mass is 10.2. The van der Waals surface area contributed by atoms with E-state index < -0.39 is 0 Å². The zero-order chi connectivity index (χ0) is 13.9. The Morgan fingerprint density at radius 3 is 2.47 bits per heavy atom. The summed E-state index contributed by atoms with van der Waals surface area (Å²) in [4.78, 5) is 11.4. The average Bonchev–Trinajstić information content (AvgIpc) is 2.42. The van der Waals surface area contributed by atoms with Crippen LogP contribution in [-0.2, 0) is 9.53 Å². The van der Waals surface area contributed by atoms with Crippen molar-refractivity contribution in [2.75, 3.05) is 18.9 Å². The van der Waals surface area contributed by atoms with Crippen LogP contribution in [0.15, 0.2) is 24.3 Å². The van der Waals surface area contributed by atoms with Crippen molar-refractivity contribution in [2.45, 2.75) is 39.0 Å². The zero-order valence-corrected chi connectivity index (χ0v) is 11.6. The van der Waals surface area contributed by atoms with Crippen LogP contribution in [-0.4, -0.2) is 19.2 Å². The molecular formula is C15H23NO3. The molecule has 1 aromatic rings. The van der Waals surface area contributed by atoms with Crippen LogP contribution in [0, 0.1) is 0 Å². The summed E-state index contributed by atoms with van der Waals surface area (Å²) in [7, 11) is 0. The van der Waals surface area contributed by atoms with E-state index in [1.165, 1.54) is 19.3 Å². The van der Waals surface area contributed by atoms with Gasteiger partial charge in [0.05, 0.1) is 6.61 Å². The normalized spacial score (nSPS) is 10.2. The Morgan fingerprint density at radius 1 is 1.11 bits per heavy atom. The second-order valence-corrected chi connectivity index (χ2v) is 4.49. The van der Waals surface area contributed by atoms with Gasteiger partial charge in [0.15, 0.2) is 6.61 Å². The minimum atomic E-state index is -0.327. The molecule has 2 N–H and O–H groups in total. The number of hydrogen-bond donors (Lipinski definition) is 1. The van der Waals surface area contributed by atoms with E-state index in [-0.39, 0.29) is 12.6 Å². The molecule has 0 fully saturated rings. The third-order valence-corrected chi connectivity index (χ3v) is 2.75. The monoisotopic (exact) mass is 265 g/mol. The van der Waals surface area contributed by atoms with Crippen molar-refractivity contribution in [3.05, 3.63) is 24.3 Å². The molecule has 106 valence electrons. The molecule has 1 aromatic carbocycles. The fourth-order valence-electron chi connectivity index (χ4n) is 1.64. The lowest BCUT2D eigenvalue weighted by Crippen LogP contribution is -2.15. The lowest BCUT2D eigenvalue weighted by molar-refractivity contribution is -0.146. The number of carbonyl (C=O) groups excluding carboxylic acids is 1. The van der Waals surface area contributed by atoms with Crippen molar-refractivity contribution in [2.24, 2.45) is 0 Å². The molecule has 0 aromatic heterocycles. The van der Waals surface area contributed by atoms with Crippen LogP contribution in [0.25, 0.3) is 0 Å². The molecule has 19 heavy (non-hydrogen) atoms. The van der Waals surface area contributed by atoms with Crippen molar-refractivity contribution >= 4 is 11.7 Å². The van der Waals surface area contributed by atoms with Crippen molar-refractivity contribution in [3.8, 4) is 5.75 Å². The Hall–Kier alpha value is -1.71. The number of rotatable bonds is 9. The minimum absolute atomic E-state index is 0.0567. The molecule has 0 aliphatic rings. The fraction of sp³-hybridized carbons (Fsp3) is 0.533. The van der Waals surface area contributed by atoms with Crippen LogP contribution in [0.2, 0.25) is 0 Å². The van der Waals surface area contributed by atoms with Crippen molar-refractivity contribution in [3.63, 3.8) is 0 Å². The molecular weight excluding hydrogens is 242 g/mol. The van der Waals surface area contributed by atoms with Gasteiger partial charge in [0.25, 0.3) is 0 Å². The number of nitrogen functional groups attached to an aromatic ring is 1. The smallest absolute Gasteiger partial charge is 0.344 e.